The van der Waals surface area contributed by atoms with Gasteiger partial charge in [-0.05, 0) is 37.1 Å². The van der Waals surface area contributed by atoms with Gasteiger partial charge in [0.1, 0.15) is 0 Å². The first kappa shape index (κ1) is 12.6. The van der Waals surface area contributed by atoms with E-state index in [9.17, 15) is 4.79 Å². The maximum atomic E-state index is 11.1. The van der Waals surface area contributed by atoms with Crippen LogP contribution in [0.25, 0.3) is 0 Å². The smallest absolute Gasteiger partial charge is 0.221 e. The molecule has 1 aromatic rings. The fourth-order valence-electron chi connectivity index (χ4n) is 2.23. The molecule has 0 spiro atoms. The van der Waals surface area contributed by atoms with Crippen LogP contribution < -0.4 is 5.73 Å². The number of carbonyl (C=O) groups excluding carboxylic acids is 1. The average Bonchev–Trinajstić information content (AvgIpc) is 2.71. The molecule has 1 fully saturated rings. The minimum absolute atomic E-state index is 0.0271. The lowest BCUT2D eigenvalue weighted by molar-refractivity contribution is -0.121. The van der Waals surface area contributed by atoms with Crippen LogP contribution in [0.3, 0.4) is 0 Å². The molecule has 1 atom stereocenters. The molecular weight excluding hydrogens is 280 g/mol. The number of nitrogens with two attached hydrogens (primary N) is 1. The van der Waals surface area contributed by atoms with Gasteiger partial charge in [-0.2, -0.15) is 0 Å². The summed E-state index contributed by atoms with van der Waals surface area (Å²) < 4.78 is 1.14. The largest absolute Gasteiger partial charge is 0.369 e. The first-order valence-corrected chi connectivity index (χ1v) is 6.62. The molecule has 0 bridgehead atoms. The maximum absolute atomic E-state index is 11.1. The van der Waals surface area contributed by atoms with Crippen molar-refractivity contribution in [2.45, 2.75) is 19.9 Å². The lowest BCUT2D eigenvalue weighted by atomic mass is 10.1. The number of amides is 1. The molecule has 2 rings (SSSR count). The normalized spacial score (nSPS) is 20.7. The summed E-state index contributed by atoms with van der Waals surface area (Å²) in [7, 11) is 0. The third-order valence-corrected chi connectivity index (χ3v) is 4.02. The van der Waals surface area contributed by atoms with Crippen molar-refractivity contribution >= 4 is 21.8 Å². The van der Waals surface area contributed by atoms with Crippen molar-refractivity contribution in [1.82, 2.24) is 4.90 Å². The van der Waals surface area contributed by atoms with Crippen molar-refractivity contribution in [3.63, 3.8) is 0 Å². The summed E-state index contributed by atoms with van der Waals surface area (Å²) in [6, 6.07) is 6.37. The Kier molecular flexibility index (Phi) is 3.84. The van der Waals surface area contributed by atoms with Crippen molar-refractivity contribution in [1.29, 1.82) is 0 Å². The molecule has 2 N–H and O–H groups in total. The average molecular weight is 297 g/mol. The van der Waals surface area contributed by atoms with Crippen LogP contribution >= 0.6 is 15.9 Å². The first-order chi connectivity index (χ1) is 8.06. The van der Waals surface area contributed by atoms with Gasteiger partial charge in [0, 0.05) is 17.6 Å². The molecule has 92 valence electrons. The third-order valence-electron chi connectivity index (χ3n) is 3.28. The number of likely N-dealkylation sites (tertiary alicyclic amines) is 1. The van der Waals surface area contributed by atoms with Gasteiger partial charge in [0.05, 0.1) is 5.92 Å². The highest BCUT2D eigenvalue weighted by Crippen LogP contribution is 2.23. The molecule has 1 aliphatic heterocycles. The van der Waals surface area contributed by atoms with Crippen LogP contribution in [0.1, 0.15) is 17.5 Å². The molecule has 3 nitrogen and oxygen atoms in total. The summed E-state index contributed by atoms with van der Waals surface area (Å²) in [5.41, 5.74) is 7.84. The molecule has 1 aromatic carbocycles. The number of hydrogen-bond acceptors (Lipinski definition) is 2. The highest BCUT2D eigenvalue weighted by Gasteiger charge is 2.26. The molecule has 0 radical (unpaired) electrons. The molecule has 17 heavy (non-hydrogen) atoms. The molecule has 4 heteroatoms. The van der Waals surface area contributed by atoms with E-state index in [4.69, 9.17) is 5.73 Å². The second-order valence-electron chi connectivity index (χ2n) is 4.72. The highest BCUT2D eigenvalue weighted by atomic mass is 79.9. The van der Waals surface area contributed by atoms with Gasteiger partial charge in [0.15, 0.2) is 0 Å². The first-order valence-electron chi connectivity index (χ1n) is 5.83. The Hall–Kier alpha value is -0.870. The van der Waals surface area contributed by atoms with E-state index >= 15 is 0 Å². The second-order valence-corrected chi connectivity index (χ2v) is 5.57. The molecule has 0 aliphatic carbocycles. The van der Waals surface area contributed by atoms with Crippen LogP contribution in [-0.2, 0) is 11.3 Å². The van der Waals surface area contributed by atoms with E-state index in [1.165, 1.54) is 11.1 Å². The Morgan fingerprint density at radius 3 is 2.94 bits per heavy atom. The molecule has 0 aromatic heterocycles. The topological polar surface area (TPSA) is 46.3 Å². The number of benzene rings is 1. The van der Waals surface area contributed by atoms with Crippen molar-refractivity contribution in [3.8, 4) is 0 Å². The van der Waals surface area contributed by atoms with Gasteiger partial charge in [-0.1, -0.05) is 28.1 Å². The Morgan fingerprint density at radius 2 is 2.35 bits per heavy atom. The zero-order valence-corrected chi connectivity index (χ0v) is 11.5. The van der Waals surface area contributed by atoms with E-state index < -0.39 is 0 Å². The van der Waals surface area contributed by atoms with Gasteiger partial charge in [-0.3, -0.25) is 9.69 Å². The van der Waals surface area contributed by atoms with Crippen LogP contribution in [0.5, 0.6) is 0 Å². The predicted molar refractivity (Wildman–Crippen MR) is 71.5 cm³/mol. The van der Waals surface area contributed by atoms with Gasteiger partial charge in [0.25, 0.3) is 0 Å². The van der Waals surface area contributed by atoms with Crippen LogP contribution in [0.4, 0.5) is 0 Å². The number of nitrogens with zero attached hydrogens (tertiary/aromatic N) is 1. The van der Waals surface area contributed by atoms with E-state index in [-0.39, 0.29) is 11.8 Å². The molecule has 1 amide bonds. The van der Waals surface area contributed by atoms with Gasteiger partial charge >= 0.3 is 0 Å². The summed E-state index contributed by atoms with van der Waals surface area (Å²) in [6.07, 6.45) is 0.888. The maximum Gasteiger partial charge on any atom is 0.221 e. The molecule has 1 saturated heterocycles. The summed E-state index contributed by atoms with van der Waals surface area (Å²) in [5, 5.41) is 0. The molecule has 1 aliphatic rings. The molecule has 1 heterocycles. The Labute approximate surface area is 110 Å². The van der Waals surface area contributed by atoms with Crippen LogP contribution in [-0.4, -0.2) is 23.9 Å². The van der Waals surface area contributed by atoms with Gasteiger partial charge < -0.3 is 5.73 Å². The zero-order chi connectivity index (χ0) is 12.4. The number of rotatable bonds is 3. The Bertz CT molecular complexity index is 433. The zero-order valence-electron chi connectivity index (χ0n) is 9.95. The molecule has 0 saturated carbocycles. The van der Waals surface area contributed by atoms with Crippen molar-refractivity contribution in [3.05, 3.63) is 33.8 Å². The number of carbonyl (C=O) groups is 1. The van der Waals surface area contributed by atoms with E-state index in [1.807, 2.05) is 0 Å². The summed E-state index contributed by atoms with van der Waals surface area (Å²) in [6.45, 7) is 4.70. The summed E-state index contributed by atoms with van der Waals surface area (Å²) in [5.74, 6) is -0.144. The number of primary amides is 1. The molecule has 0 unspecified atom stereocenters. The van der Waals surface area contributed by atoms with Crippen molar-refractivity contribution in [2.24, 2.45) is 11.7 Å². The Morgan fingerprint density at radius 1 is 1.59 bits per heavy atom. The van der Waals surface area contributed by atoms with Gasteiger partial charge in [0.2, 0.25) is 5.91 Å². The Balaban J connectivity index is 2.00. The quantitative estimate of drug-likeness (QED) is 0.928. The highest BCUT2D eigenvalue weighted by molar-refractivity contribution is 9.10. The predicted octanol–water partition coefficient (Wildman–Crippen LogP) is 2.06. The summed E-state index contributed by atoms with van der Waals surface area (Å²) in [4.78, 5) is 13.4. The van der Waals surface area contributed by atoms with Gasteiger partial charge in [-0.15, -0.1) is 0 Å². The molecular formula is C13H17BrN2O. The standard InChI is InChI=1S/C13H17BrN2O/c1-9-2-3-10(12(14)6-9)7-16-5-4-11(8-16)13(15)17/h2-3,6,11H,4-5,7-8H2,1H3,(H2,15,17)/t11-/m0/s1. The lowest BCUT2D eigenvalue weighted by Gasteiger charge is -2.16. The number of hydrogen-bond donors (Lipinski definition) is 1. The monoisotopic (exact) mass is 296 g/mol. The number of halogens is 1. The van der Waals surface area contributed by atoms with Crippen molar-refractivity contribution in [2.75, 3.05) is 13.1 Å². The van der Waals surface area contributed by atoms with E-state index in [2.05, 4.69) is 46.0 Å². The third kappa shape index (κ3) is 3.07. The summed E-state index contributed by atoms with van der Waals surface area (Å²) >= 11 is 3.58. The van der Waals surface area contributed by atoms with Crippen molar-refractivity contribution < 1.29 is 4.79 Å². The van der Waals surface area contributed by atoms with E-state index in [1.54, 1.807) is 0 Å². The second kappa shape index (κ2) is 5.19. The fourth-order valence-corrected chi connectivity index (χ4v) is 2.85. The van der Waals surface area contributed by atoms with Crippen LogP contribution in [0.15, 0.2) is 22.7 Å². The minimum Gasteiger partial charge on any atom is -0.369 e. The van der Waals surface area contributed by atoms with Gasteiger partial charge in [-0.25, -0.2) is 0 Å². The fraction of sp³-hybridized carbons (Fsp3) is 0.462. The van der Waals surface area contributed by atoms with Crippen LogP contribution in [0, 0.1) is 12.8 Å². The van der Waals surface area contributed by atoms with E-state index in [0.29, 0.717) is 0 Å². The SMILES string of the molecule is Cc1ccc(CN2CC[C@H](C(N)=O)C2)c(Br)c1. The van der Waals surface area contributed by atoms with Crippen LogP contribution in [0.2, 0.25) is 0 Å². The van der Waals surface area contributed by atoms with E-state index in [0.717, 1.165) is 30.5 Å². The minimum atomic E-state index is -0.171. The lowest BCUT2D eigenvalue weighted by Crippen LogP contribution is -2.27. The number of aryl methyl sites for hydroxylation is 1.